The number of methoxy groups -OCH3 is 2. The van der Waals surface area contributed by atoms with Crippen LogP contribution in [0.4, 0.5) is 0 Å². The van der Waals surface area contributed by atoms with E-state index in [9.17, 15) is 24.3 Å². The highest BCUT2D eigenvalue weighted by Gasteiger charge is 2.46. The number of amides is 1. The second-order valence-electron chi connectivity index (χ2n) is 9.10. The number of aromatic hydroxyl groups is 1. The molecule has 1 aliphatic heterocycles. The van der Waals surface area contributed by atoms with Gasteiger partial charge in [-0.05, 0) is 41.0 Å². The van der Waals surface area contributed by atoms with Crippen molar-refractivity contribution < 1.29 is 38.5 Å². The fourth-order valence-corrected chi connectivity index (χ4v) is 7.56. The second-order valence-corrected chi connectivity index (χ2v) is 11.9. The molecule has 11 heteroatoms. The molecule has 0 radical (unpaired) electrons. The van der Waals surface area contributed by atoms with Gasteiger partial charge in [-0.25, -0.2) is 4.79 Å². The molecule has 214 valence electrons. The van der Waals surface area contributed by atoms with Gasteiger partial charge in [0.1, 0.15) is 28.9 Å². The first-order valence-corrected chi connectivity index (χ1v) is 14.5. The molecule has 0 bridgehead atoms. The first-order valence-electron chi connectivity index (χ1n) is 12.6. The van der Waals surface area contributed by atoms with Gasteiger partial charge in [0.25, 0.3) is 5.91 Å². The van der Waals surface area contributed by atoms with Crippen LogP contribution in [0.5, 0.6) is 5.75 Å². The van der Waals surface area contributed by atoms with Gasteiger partial charge in [0.15, 0.2) is 0 Å². The summed E-state index contributed by atoms with van der Waals surface area (Å²) in [4.78, 5) is 50.7. The third-order valence-corrected chi connectivity index (χ3v) is 9.71. The number of phenolic OH excluding ortho intramolecular Hbond substituents is 1. The molecular weight excluding hydrogens is 566 g/mol. The molecule has 0 spiro atoms. The summed E-state index contributed by atoms with van der Waals surface area (Å²) in [6.45, 7) is 0.0617. The summed E-state index contributed by atoms with van der Waals surface area (Å²) >= 11 is 2.58. The lowest BCUT2D eigenvalue weighted by Gasteiger charge is -2.18. The monoisotopic (exact) mass is 595 g/mol. The van der Waals surface area contributed by atoms with Gasteiger partial charge < -0.3 is 24.6 Å². The summed E-state index contributed by atoms with van der Waals surface area (Å²) in [5.41, 5.74) is 2.68. The van der Waals surface area contributed by atoms with Crippen LogP contribution in [-0.4, -0.2) is 59.7 Å². The largest absolute Gasteiger partial charge is 0.508 e. The Morgan fingerprint density at radius 3 is 1.95 bits per heavy atom. The van der Waals surface area contributed by atoms with E-state index in [1.165, 1.54) is 49.9 Å². The Labute approximate surface area is 245 Å². The maximum absolute atomic E-state index is 13.2. The van der Waals surface area contributed by atoms with Crippen LogP contribution in [0.25, 0.3) is 0 Å². The van der Waals surface area contributed by atoms with Crippen molar-refractivity contribution in [3.8, 4) is 5.75 Å². The molecule has 9 nitrogen and oxygen atoms in total. The smallest absolute Gasteiger partial charge is 0.329 e. The van der Waals surface area contributed by atoms with Gasteiger partial charge >= 0.3 is 17.9 Å². The van der Waals surface area contributed by atoms with Crippen LogP contribution in [0, 0.1) is 0 Å². The van der Waals surface area contributed by atoms with E-state index in [-0.39, 0.29) is 23.4 Å². The number of hydrogen-bond donors (Lipinski definition) is 2. The molecule has 4 rings (SSSR count). The van der Waals surface area contributed by atoms with Crippen LogP contribution in [0.1, 0.15) is 31.6 Å². The lowest BCUT2D eigenvalue weighted by atomic mass is 10.0. The van der Waals surface area contributed by atoms with Crippen molar-refractivity contribution in [2.24, 2.45) is 0 Å². The van der Waals surface area contributed by atoms with Crippen LogP contribution < -0.4 is 5.32 Å². The van der Waals surface area contributed by atoms with Gasteiger partial charge in [0.05, 0.1) is 18.8 Å². The molecule has 3 unspecified atom stereocenters. The Hall–Kier alpha value is -3.96. The summed E-state index contributed by atoms with van der Waals surface area (Å²) in [5.74, 6) is -1.97. The molecule has 0 saturated carbocycles. The number of rotatable bonds is 10. The molecule has 1 saturated heterocycles. The number of benzene rings is 3. The number of carbonyl (C=O) groups is 4. The van der Waals surface area contributed by atoms with Crippen molar-refractivity contribution in [1.29, 1.82) is 0 Å². The van der Waals surface area contributed by atoms with Crippen molar-refractivity contribution >= 4 is 47.3 Å². The Kier molecular flexibility index (Phi) is 10.3. The second kappa shape index (κ2) is 14.1. The van der Waals surface area contributed by atoms with E-state index in [2.05, 4.69) is 5.32 Å². The summed E-state index contributed by atoms with van der Waals surface area (Å²) < 4.78 is 15.0. The van der Waals surface area contributed by atoms with Gasteiger partial charge in [0, 0.05) is 12.0 Å². The number of nitrogens with one attached hydrogen (secondary N) is 1. The first-order chi connectivity index (χ1) is 19.8. The van der Waals surface area contributed by atoms with Gasteiger partial charge in [-0.15, -0.1) is 23.5 Å². The minimum absolute atomic E-state index is 0.0617. The lowest BCUT2D eigenvalue weighted by molar-refractivity contribution is -0.147. The maximum atomic E-state index is 13.2. The molecule has 41 heavy (non-hydrogen) atoms. The molecule has 2 N–H and O–H groups in total. The van der Waals surface area contributed by atoms with Gasteiger partial charge in [-0.3, -0.25) is 14.4 Å². The van der Waals surface area contributed by atoms with E-state index in [1.54, 1.807) is 36.4 Å². The summed E-state index contributed by atoms with van der Waals surface area (Å²) in [6.07, 6.45) is 0.164. The zero-order chi connectivity index (χ0) is 29.4. The minimum Gasteiger partial charge on any atom is -0.508 e. The van der Waals surface area contributed by atoms with Crippen molar-refractivity contribution in [2.45, 2.75) is 34.2 Å². The van der Waals surface area contributed by atoms with Crippen LogP contribution in [-0.2, 0) is 41.6 Å². The number of esters is 3. The molecule has 3 aromatic rings. The van der Waals surface area contributed by atoms with Gasteiger partial charge in [-0.2, -0.15) is 0 Å². The van der Waals surface area contributed by atoms with Crippen LogP contribution in [0.15, 0.2) is 78.9 Å². The van der Waals surface area contributed by atoms with Crippen LogP contribution in [0.2, 0.25) is 0 Å². The topological polar surface area (TPSA) is 128 Å². The molecule has 3 atom stereocenters. The molecule has 1 aliphatic rings. The molecule has 1 amide bonds. The van der Waals surface area contributed by atoms with E-state index in [1.807, 2.05) is 30.3 Å². The lowest BCUT2D eigenvalue weighted by Crippen LogP contribution is -2.43. The van der Waals surface area contributed by atoms with Crippen LogP contribution in [0.3, 0.4) is 0 Å². The molecule has 0 aromatic heterocycles. The summed E-state index contributed by atoms with van der Waals surface area (Å²) in [6, 6.07) is 21.4. The van der Waals surface area contributed by atoms with E-state index in [4.69, 9.17) is 14.2 Å². The van der Waals surface area contributed by atoms with Crippen molar-refractivity contribution in [3.05, 3.63) is 101 Å². The molecule has 1 fully saturated rings. The number of ether oxygens (including phenoxy) is 3. The normalized spacial score (nSPS) is 18.6. The number of carbonyl (C=O) groups excluding carboxylic acids is 4. The zero-order valence-corrected chi connectivity index (χ0v) is 24.0. The Balaban J connectivity index is 1.45. The van der Waals surface area contributed by atoms with E-state index >= 15 is 0 Å². The minimum atomic E-state index is -0.974. The molecule has 1 heterocycles. The Morgan fingerprint density at radius 1 is 0.805 bits per heavy atom. The molecular formula is C30H29NO8S2. The van der Waals surface area contributed by atoms with E-state index < -0.39 is 40.4 Å². The third kappa shape index (κ3) is 7.83. The van der Waals surface area contributed by atoms with E-state index in [0.717, 1.165) is 16.7 Å². The predicted molar refractivity (Wildman–Crippen MR) is 155 cm³/mol. The highest BCUT2D eigenvalue weighted by molar-refractivity contribution is 8.21. The average Bonchev–Trinajstić information content (AvgIpc) is 3.46. The standard InChI is InChI=1S/C30H29NO8S2/c1-37-28(35)24-25(29(36)38-2)41-30(40-24)21-12-10-20(11-13-21)26(33)31-23(16-18-8-14-22(32)15-9-18)27(34)39-17-19-6-4-3-5-7-19/h3-15,23-25,30,32H,16-17H2,1-2H3,(H,31,33). The van der Waals surface area contributed by atoms with Crippen molar-refractivity contribution in [3.63, 3.8) is 0 Å². The highest BCUT2D eigenvalue weighted by Crippen LogP contribution is 2.54. The number of phenols is 1. The number of hydrogen-bond acceptors (Lipinski definition) is 10. The van der Waals surface area contributed by atoms with Gasteiger partial charge in [-0.1, -0.05) is 54.6 Å². The Bertz CT molecular complexity index is 1340. The third-order valence-electron chi connectivity index (χ3n) is 6.32. The fraction of sp³-hybridized carbons (Fsp3) is 0.267. The predicted octanol–water partition coefficient (Wildman–Crippen LogP) is 4.04. The first kappa shape index (κ1) is 30.0. The average molecular weight is 596 g/mol. The zero-order valence-electron chi connectivity index (χ0n) is 22.4. The molecule has 3 aromatic carbocycles. The quantitative estimate of drug-likeness (QED) is 0.262. The summed E-state index contributed by atoms with van der Waals surface area (Å²) in [7, 11) is 2.55. The summed E-state index contributed by atoms with van der Waals surface area (Å²) in [5, 5.41) is 10.9. The SMILES string of the molecule is COC(=O)C1SC(c2ccc(C(=O)NC(Cc3ccc(O)cc3)C(=O)OCc3ccccc3)cc2)SC1C(=O)OC. The van der Waals surface area contributed by atoms with Crippen molar-refractivity contribution in [2.75, 3.05) is 14.2 Å². The highest BCUT2D eigenvalue weighted by atomic mass is 32.2. The van der Waals surface area contributed by atoms with E-state index in [0.29, 0.717) is 5.56 Å². The van der Waals surface area contributed by atoms with Crippen molar-refractivity contribution in [1.82, 2.24) is 5.32 Å². The maximum Gasteiger partial charge on any atom is 0.329 e. The fourth-order valence-electron chi connectivity index (χ4n) is 4.11. The molecule has 0 aliphatic carbocycles. The number of thioether (sulfide) groups is 2. The van der Waals surface area contributed by atoms with Gasteiger partial charge in [0.2, 0.25) is 0 Å². The Morgan fingerprint density at radius 2 is 1.39 bits per heavy atom. The van der Waals surface area contributed by atoms with Crippen LogP contribution >= 0.6 is 23.5 Å².